The fraction of sp³-hybridized carbons (Fsp3) is 0.424. The maximum atomic E-state index is 15.8. The number of carbonyl (C=O) groups excluding carboxylic acids is 1. The van der Waals surface area contributed by atoms with Gasteiger partial charge in [-0.05, 0) is 107 Å². The third-order valence-corrected chi connectivity index (χ3v) is 9.02. The van der Waals surface area contributed by atoms with Crippen LogP contribution in [0.5, 0.6) is 5.75 Å². The van der Waals surface area contributed by atoms with E-state index >= 15 is 4.39 Å². The summed E-state index contributed by atoms with van der Waals surface area (Å²) in [5.74, 6) is 0.00762. The molecule has 2 aromatic heterocycles. The maximum absolute atomic E-state index is 15.8. The van der Waals surface area contributed by atoms with E-state index in [4.69, 9.17) is 9.72 Å². The number of carbonyl (C=O) groups is 1. The Morgan fingerprint density at radius 3 is 2.57 bits per heavy atom. The van der Waals surface area contributed by atoms with Crippen molar-refractivity contribution in [3.8, 4) is 17.0 Å². The van der Waals surface area contributed by atoms with E-state index in [2.05, 4.69) is 45.0 Å². The molecule has 2 N–H and O–H groups in total. The average molecular weight is 572 g/mol. The van der Waals surface area contributed by atoms with Gasteiger partial charge in [0.2, 0.25) is 5.95 Å². The number of aromatic nitrogens is 3. The number of rotatable bonds is 6. The molecule has 0 atom stereocenters. The number of likely N-dealkylation sites (tertiary alicyclic amines) is 1. The van der Waals surface area contributed by atoms with Crippen LogP contribution in [0.25, 0.3) is 22.3 Å². The summed E-state index contributed by atoms with van der Waals surface area (Å²) in [5.41, 5.74) is 2.69. The number of hydrogen-bond donors (Lipinski definition) is 2. The highest BCUT2D eigenvalue weighted by molar-refractivity contribution is 6.05. The van der Waals surface area contributed by atoms with E-state index in [9.17, 15) is 9.90 Å². The lowest BCUT2D eigenvalue weighted by atomic mass is 9.83. The fourth-order valence-electron chi connectivity index (χ4n) is 6.47. The topological polar surface area (TPSA) is 92.5 Å². The number of methoxy groups -OCH3 is 1. The third kappa shape index (κ3) is 5.51. The first-order valence-corrected chi connectivity index (χ1v) is 14.8. The van der Waals surface area contributed by atoms with E-state index in [0.717, 1.165) is 49.8 Å². The maximum Gasteiger partial charge on any atom is 0.261 e. The number of pyridine rings is 1. The van der Waals surface area contributed by atoms with Crippen molar-refractivity contribution in [3.63, 3.8) is 0 Å². The lowest BCUT2D eigenvalue weighted by molar-refractivity contribution is 0.0106. The molecule has 1 saturated heterocycles. The Labute approximate surface area is 245 Å². The molecule has 8 nitrogen and oxygen atoms in total. The second-order valence-electron chi connectivity index (χ2n) is 12.0. The number of para-hydroxylation sites is 1. The van der Waals surface area contributed by atoms with Gasteiger partial charge < -0.3 is 19.3 Å². The molecule has 0 unspecified atom stereocenters. The number of nitrogens with one attached hydrogen (secondary N) is 1. The molecule has 3 heterocycles. The molecule has 1 saturated carbocycles. The van der Waals surface area contributed by atoms with Gasteiger partial charge >= 0.3 is 0 Å². The number of benzene rings is 2. The number of amides is 1. The van der Waals surface area contributed by atoms with E-state index in [1.807, 2.05) is 6.92 Å². The quantitative estimate of drug-likeness (QED) is 0.287. The van der Waals surface area contributed by atoms with Crippen LogP contribution >= 0.6 is 0 Å². The van der Waals surface area contributed by atoms with Gasteiger partial charge in [-0.3, -0.25) is 15.1 Å². The Kier molecular flexibility index (Phi) is 7.72. The molecule has 1 amide bonds. The van der Waals surface area contributed by atoms with Crippen LogP contribution in [0.1, 0.15) is 73.3 Å². The fourth-order valence-corrected chi connectivity index (χ4v) is 6.47. The van der Waals surface area contributed by atoms with Crippen LogP contribution < -0.4 is 10.1 Å². The van der Waals surface area contributed by atoms with Crippen molar-refractivity contribution in [2.45, 2.75) is 63.0 Å². The first-order valence-electron chi connectivity index (χ1n) is 14.8. The first kappa shape index (κ1) is 28.3. The van der Waals surface area contributed by atoms with Crippen LogP contribution in [0.15, 0.2) is 54.7 Å². The minimum atomic E-state index is -0.722. The molecular weight excluding hydrogens is 533 g/mol. The first-order chi connectivity index (χ1) is 20.2. The summed E-state index contributed by atoms with van der Waals surface area (Å²) in [5, 5.41) is 13.5. The van der Waals surface area contributed by atoms with Gasteiger partial charge in [0.15, 0.2) is 5.82 Å². The number of hydrogen-bond acceptors (Lipinski definition) is 6. The number of anilines is 1. The second kappa shape index (κ2) is 11.5. The van der Waals surface area contributed by atoms with Crippen molar-refractivity contribution in [2.24, 2.45) is 0 Å². The van der Waals surface area contributed by atoms with E-state index < -0.39 is 17.3 Å². The van der Waals surface area contributed by atoms with Crippen LogP contribution in [0.3, 0.4) is 0 Å². The summed E-state index contributed by atoms with van der Waals surface area (Å²) in [4.78, 5) is 25.1. The molecule has 1 aliphatic carbocycles. The predicted molar refractivity (Wildman–Crippen MR) is 161 cm³/mol. The lowest BCUT2D eigenvalue weighted by Crippen LogP contribution is -2.32. The third-order valence-electron chi connectivity index (χ3n) is 9.02. The number of piperidine rings is 1. The van der Waals surface area contributed by atoms with E-state index in [-0.39, 0.29) is 17.3 Å². The highest BCUT2D eigenvalue weighted by atomic mass is 19.1. The number of imidazole rings is 1. The highest BCUT2D eigenvalue weighted by Crippen LogP contribution is 2.39. The number of ether oxygens (including phenoxy) is 1. The van der Waals surface area contributed by atoms with E-state index in [0.29, 0.717) is 36.0 Å². The molecule has 6 rings (SSSR count). The molecule has 220 valence electrons. The molecule has 2 aromatic carbocycles. The van der Waals surface area contributed by atoms with Crippen molar-refractivity contribution in [1.82, 2.24) is 19.4 Å². The number of halogens is 1. The average Bonchev–Trinajstić information content (AvgIpc) is 3.34. The van der Waals surface area contributed by atoms with Gasteiger partial charge in [-0.2, -0.15) is 0 Å². The van der Waals surface area contributed by atoms with Gasteiger partial charge in [-0.15, -0.1) is 0 Å². The number of aliphatic hydroxyl groups is 1. The molecule has 2 aliphatic rings. The number of fused-ring (bicyclic) bond motifs is 1. The Bertz CT molecular complexity index is 1600. The van der Waals surface area contributed by atoms with Crippen LogP contribution in [0.4, 0.5) is 10.3 Å². The smallest absolute Gasteiger partial charge is 0.261 e. The van der Waals surface area contributed by atoms with E-state index in [1.165, 1.54) is 24.9 Å². The molecular formula is C33H38FN5O3. The summed E-state index contributed by atoms with van der Waals surface area (Å²) in [6, 6.07) is 14.9. The minimum absolute atomic E-state index is 0.0471. The van der Waals surface area contributed by atoms with Gasteiger partial charge in [-0.1, -0.05) is 18.2 Å². The van der Waals surface area contributed by atoms with Gasteiger partial charge in [0, 0.05) is 17.8 Å². The molecule has 0 bridgehead atoms. The normalized spacial score (nSPS) is 21.9. The van der Waals surface area contributed by atoms with Gasteiger partial charge in [-0.25, -0.2) is 9.37 Å². The van der Waals surface area contributed by atoms with Crippen molar-refractivity contribution < 1.29 is 19.0 Å². The highest BCUT2D eigenvalue weighted by Gasteiger charge is 2.32. The summed E-state index contributed by atoms with van der Waals surface area (Å²) in [7, 11) is 3.67. The van der Waals surface area contributed by atoms with Crippen molar-refractivity contribution in [3.05, 3.63) is 71.7 Å². The minimum Gasteiger partial charge on any atom is -0.496 e. The van der Waals surface area contributed by atoms with Crippen LogP contribution in [0, 0.1) is 5.82 Å². The molecule has 2 fully saturated rings. The van der Waals surface area contributed by atoms with Crippen LogP contribution in [0.2, 0.25) is 0 Å². The monoisotopic (exact) mass is 571 g/mol. The summed E-state index contributed by atoms with van der Waals surface area (Å²) >= 11 is 0. The summed E-state index contributed by atoms with van der Waals surface area (Å²) in [6.07, 6.45) is 6.43. The number of nitrogens with zero attached hydrogens (tertiary/aromatic N) is 4. The lowest BCUT2D eigenvalue weighted by Gasteiger charge is -2.34. The summed E-state index contributed by atoms with van der Waals surface area (Å²) in [6.45, 7) is 4.00. The Hall–Kier alpha value is -3.82. The predicted octanol–water partition coefficient (Wildman–Crippen LogP) is 6.17. The molecule has 0 spiro atoms. The molecule has 9 heteroatoms. The van der Waals surface area contributed by atoms with Gasteiger partial charge in [0.25, 0.3) is 5.91 Å². The Balaban J connectivity index is 1.36. The van der Waals surface area contributed by atoms with Crippen molar-refractivity contribution in [2.75, 3.05) is 32.6 Å². The zero-order valence-electron chi connectivity index (χ0n) is 24.4. The zero-order chi connectivity index (χ0) is 29.4. The van der Waals surface area contributed by atoms with Gasteiger partial charge in [0.05, 0.1) is 29.3 Å². The largest absolute Gasteiger partial charge is 0.496 e. The van der Waals surface area contributed by atoms with Crippen molar-refractivity contribution >= 4 is 22.9 Å². The van der Waals surface area contributed by atoms with Crippen LogP contribution in [-0.2, 0) is 0 Å². The molecule has 4 aromatic rings. The van der Waals surface area contributed by atoms with Gasteiger partial charge in [0.1, 0.15) is 11.4 Å². The van der Waals surface area contributed by atoms with Crippen LogP contribution in [-0.4, -0.2) is 63.3 Å². The standard InChI is InChI=1S/C33H38FN5O3/c1-33(41)15-10-23(11-16-33)39-27-9-8-22(21-13-18-38(2)19-14-21)20-26(27)36-32(39)37-31(40)25-12-17-35-30(29(25)34)24-6-4-5-7-28(24)42-3/h4-9,12,17,20-21,23,41H,10-11,13-16,18-19H2,1-3H3,(H,36,37,40)/t23-,33+. The Morgan fingerprint density at radius 2 is 1.83 bits per heavy atom. The SMILES string of the molecule is COc1ccccc1-c1nccc(C(=O)Nc2nc3cc(C4CCN(C)CC4)ccc3n2[C@H]2CC[C@@](C)(O)CC2)c1F. The molecule has 42 heavy (non-hydrogen) atoms. The zero-order valence-corrected chi connectivity index (χ0v) is 24.4. The molecule has 0 radical (unpaired) electrons. The van der Waals surface area contributed by atoms with Crippen molar-refractivity contribution in [1.29, 1.82) is 0 Å². The van der Waals surface area contributed by atoms with E-state index in [1.54, 1.807) is 24.3 Å². The summed E-state index contributed by atoms with van der Waals surface area (Å²) < 4.78 is 23.3. The molecule has 1 aliphatic heterocycles. The second-order valence-corrected chi connectivity index (χ2v) is 12.0. The Morgan fingerprint density at radius 1 is 1.10 bits per heavy atom.